The molecule has 5 aromatic rings. The van der Waals surface area contributed by atoms with Crippen molar-refractivity contribution in [3.8, 4) is 0 Å². The largest absolute Gasteiger partial charge is 0.338 e. The highest BCUT2D eigenvalue weighted by Gasteiger charge is 2.35. The van der Waals surface area contributed by atoms with E-state index in [0.717, 1.165) is 28.5 Å². The number of anilines is 1. The van der Waals surface area contributed by atoms with Crippen LogP contribution in [0.1, 0.15) is 41.7 Å². The van der Waals surface area contributed by atoms with E-state index < -0.39 is 0 Å². The van der Waals surface area contributed by atoms with Gasteiger partial charge in [-0.2, -0.15) is 5.10 Å². The molecule has 232 valence electrons. The predicted molar refractivity (Wildman–Crippen MR) is 197 cm³/mol. The number of nitrogens with zero attached hydrogens (tertiary/aromatic N) is 5. The van der Waals surface area contributed by atoms with Crippen LogP contribution in [-0.4, -0.2) is 41.9 Å². The van der Waals surface area contributed by atoms with Crippen molar-refractivity contribution in [2.24, 2.45) is 10.2 Å². The zero-order valence-electron chi connectivity index (χ0n) is 28.1. The molecule has 2 aliphatic heterocycles. The standard InChI is InChI=1S/C41H41BN5/c1-28-23-29(2)40(30(3)24-28)42(35-19-13-21-37(25-35)46-27-45(6)41(44-46)34-17-11-8-12-18-34)36-20-14-22-38(26-36)47-32(5)39(31(4)43-47)33-15-9-7-10-16-33/h7-26,32H,27H2,1-6H3/q+1. The molecule has 47 heavy (non-hydrogen) atoms. The van der Waals surface area contributed by atoms with Gasteiger partial charge in [-0.1, -0.05) is 135 Å². The highest BCUT2D eigenvalue weighted by molar-refractivity contribution is 6.96. The van der Waals surface area contributed by atoms with Gasteiger partial charge < -0.3 is 4.90 Å². The van der Waals surface area contributed by atoms with Crippen LogP contribution in [0.2, 0.25) is 0 Å². The summed E-state index contributed by atoms with van der Waals surface area (Å²) in [6.07, 6.45) is 0. The van der Waals surface area contributed by atoms with Gasteiger partial charge in [0.15, 0.2) is 5.84 Å². The fourth-order valence-electron chi connectivity index (χ4n) is 7.45. The molecule has 2 heterocycles. The normalized spacial score (nSPS) is 16.1. The van der Waals surface area contributed by atoms with Gasteiger partial charge in [0.2, 0.25) is 18.4 Å². The van der Waals surface area contributed by atoms with Crippen molar-refractivity contribution >= 4 is 45.9 Å². The topological polar surface area (TPSA) is 34.2 Å². The number of allylic oxidation sites excluding steroid dienone is 1. The molecule has 5 nitrogen and oxygen atoms in total. The van der Waals surface area contributed by atoms with E-state index in [1.807, 2.05) is 6.07 Å². The molecule has 0 aliphatic carbocycles. The van der Waals surface area contributed by atoms with Crippen LogP contribution in [0, 0.1) is 20.8 Å². The first kappa shape index (κ1) is 30.4. The Labute approximate surface area is 279 Å². The summed E-state index contributed by atoms with van der Waals surface area (Å²) in [5, 5.41) is 12.3. The molecule has 1 atom stereocenters. The molecule has 1 unspecified atom stereocenters. The molecule has 7 rings (SSSR count). The second-order valence-electron chi connectivity index (χ2n) is 12.9. The lowest BCUT2D eigenvalue weighted by atomic mass is 9.35. The Morgan fingerprint density at radius 3 is 2.00 bits per heavy atom. The summed E-state index contributed by atoms with van der Waals surface area (Å²) in [6.45, 7) is 11.8. The van der Waals surface area contributed by atoms with Crippen LogP contribution in [0.5, 0.6) is 0 Å². The van der Waals surface area contributed by atoms with Gasteiger partial charge in [-0.3, -0.25) is 0 Å². The fraction of sp³-hybridized carbons (Fsp3) is 0.195. The second-order valence-corrected chi connectivity index (χ2v) is 12.9. The van der Waals surface area contributed by atoms with E-state index in [4.69, 9.17) is 10.2 Å². The summed E-state index contributed by atoms with van der Waals surface area (Å²) >= 11 is 0. The number of aryl methyl sites for hydroxylation is 3. The van der Waals surface area contributed by atoms with E-state index in [2.05, 4.69) is 172 Å². The summed E-state index contributed by atoms with van der Waals surface area (Å²) in [5.74, 6) is 0.979. The third kappa shape index (κ3) is 5.80. The van der Waals surface area contributed by atoms with Crippen molar-refractivity contribution in [2.75, 3.05) is 18.7 Å². The van der Waals surface area contributed by atoms with E-state index in [1.54, 1.807) is 0 Å². The van der Waals surface area contributed by atoms with Crippen molar-refractivity contribution in [3.05, 3.63) is 155 Å². The lowest BCUT2D eigenvalue weighted by Gasteiger charge is -2.23. The average molecular weight is 615 g/mol. The van der Waals surface area contributed by atoms with Gasteiger partial charge in [0.1, 0.15) is 12.4 Å². The highest BCUT2D eigenvalue weighted by atomic mass is 15.6. The zero-order chi connectivity index (χ0) is 32.7. The van der Waals surface area contributed by atoms with Crippen LogP contribution in [-0.2, 0) is 0 Å². The summed E-state index contributed by atoms with van der Waals surface area (Å²) in [6, 6.07) is 43.7. The van der Waals surface area contributed by atoms with Gasteiger partial charge in [-0.15, -0.1) is 0 Å². The van der Waals surface area contributed by atoms with Crippen molar-refractivity contribution in [2.45, 2.75) is 40.7 Å². The minimum atomic E-state index is 0.0361. The Morgan fingerprint density at radius 1 is 0.702 bits per heavy atom. The van der Waals surface area contributed by atoms with E-state index in [0.29, 0.717) is 6.67 Å². The Kier molecular flexibility index (Phi) is 8.11. The Morgan fingerprint density at radius 2 is 1.32 bits per heavy atom. The number of rotatable bonds is 7. The summed E-state index contributed by atoms with van der Waals surface area (Å²) in [5.41, 5.74) is 14.6. The lowest BCUT2D eigenvalue weighted by Crippen LogP contribution is -2.54. The van der Waals surface area contributed by atoms with Crippen molar-refractivity contribution in [3.63, 3.8) is 0 Å². The maximum absolute atomic E-state index is 5.08. The SMILES string of the molecule is CC1=C(c2ccccc2)C(C)[N+](c2cccc(B(c3cccc(N4CN(C)C(c5ccccc5)=N4)c3)c3c(C)cc(C)cc3C)c2)=N1. The van der Waals surface area contributed by atoms with Crippen LogP contribution in [0.3, 0.4) is 0 Å². The molecule has 0 spiro atoms. The fourth-order valence-corrected chi connectivity index (χ4v) is 7.45. The molecule has 0 saturated carbocycles. The summed E-state index contributed by atoms with van der Waals surface area (Å²) < 4.78 is 2.18. The average Bonchev–Trinajstić information content (AvgIpc) is 3.61. The quantitative estimate of drug-likeness (QED) is 0.145. The minimum Gasteiger partial charge on any atom is -0.338 e. The Hall–Kier alpha value is -5.23. The maximum atomic E-state index is 5.08. The predicted octanol–water partition coefficient (Wildman–Crippen LogP) is 7.13. The second kappa shape index (κ2) is 12.5. The molecule has 0 saturated heterocycles. The van der Waals surface area contributed by atoms with Crippen LogP contribution in [0.4, 0.5) is 11.4 Å². The monoisotopic (exact) mass is 614 g/mol. The molecule has 0 bridgehead atoms. The van der Waals surface area contributed by atoms with E-state index in [9.17, 15) is 0 Å². The minimum absolute atomic E-state index is 0.0361. The Balaban J connectivity index is 1.30. The lowest BCUT2D eigenvalue weighted by molar-refractivity contribution is -0.524. The first-order chi connectivity index (χ1) is 22.8. The molecule has 0 radical (unpaired) electrons. The summed E-state index contributed by atoms with van der Waals surface area (Å²) in [7, 11) is 2.10. The van der Waals surface area contributed by atoms with Gasteiger partial charge >= 0.3 is 0 Å². The van der Waals surface area contributed by atoms with Crippen LogP contribution in [0.15, 0.2) is 137 Å². The van der Waals surface area contributed by atoms with Crippen molar-refractivity contribution < 1.29 is 4.70 Å². The molecule has 0 fully saturated rings. The number of benzene rings is 5. The maximum Gasteiger partial charge on any atom is 0.242 e. The molecule has 0 aromatic heterocycles. The molecular formula is C41H41BN5+. The number of hydrogen-bond donors (Lipinski definition) is 0. The Bertz CT molecular complexity index is 2020. The third-order valence-corrected chi connectivity index (χ3v) is 9.47. The van der Waals surface area contributed by atoms with Crippen LogP contribution >= 0.6 is 0 Å². The van der Waals surface area contributed by atoms with Gasteiger partial charge in [0, 0.05) is 31.7 Å². The van der Waals surface area contributed by atoms with E-state index in [-0.39, 0.29) is 12.8 Å². The van der Waals surface area contributed by atoms with Crippen molar-refractivity contribution in [1.82, 2.24) is 4.90 Å². The molecular weight excluding hydrogens is 573 g/mol. The van der Waals surface area contributed by atoms with E-state index in [1.165, 1.54) is 44.2 Å². The molecule has 0 N–H and O–H groups in total. The van der Waals surface area contributed by atoms with Gasteiger partial charge in [0.05, 0.1) is 11.3 Å². The van der Waals surface area contributed by atoms with Gasteiger partial charge in [0.25, 0.3) is 0 Å². The van der Waals surface area contributed by atoms with Crippen LogP contribution in [0.25, 0.3) is 5.57 Å². The number of amidine groups is 1. The number of azo groups is 2. The van der Waals surface area contributed by atoms with Gasteiger partial charge in [-0.05, 0) is 50.5 Å². The number of hydrazone groups is 1. The third-order valence-electron chi connectivity index (χ3n) is 9.47. The zero-order valence-corrected chi connectivity index (χ0v) is 28.1. The highest BCUT2D eigenvalue weighted by Crippen LogP contribution is 2.34. The molecule has 2 aliphatic rings. The molecule has 6 heteroatoms. The smallest absolute Gasteiger partial charge is 0.242 e. The first-order valence-electron chi connectivity index (χ1n) is 16.5. The number of hydrogen-bond acceptors (Lipinski definition) is 4. The van der Waals surface area contributed by atoms with Crippen molar-refractivity contribution in [1.29, 1.82) is 0 Å². The van der Waals surface area contributed by atoms with Gasteiger partial charge in [-0.25, -0.2) is 5.01 Å². The van der Waals surface area contributed by atoms with E-state index >= 15 is 0 Å². The summed E-state index contributed by atoms with van der Waals surface area (Å²) in [4.78, 5) is 2.21. The first-order valence-corrected chi connectivity index (χ1v) is 16.5. The molecule has 5 aromatic carbocycles. The molecule has 0 amide bonds. The van der Waals surface area contributed by atoms with Crippen LogP contribution < -0.4 is 21.4 Å².